The van der Waals surface area contributed by atoms with Gasteiger partial charge >= 0.3 is 6.03 Å². The van der Waals surface area contributed by atoms with Crippen LogP contribution in [0.25, 0.3) is 0 Å². The molecule has 0 bridgehead atoms. The van der Waals surface area contributed by atoms with Gasteiger partial charge in [-0.05, 0) is 48.9 Å². The number of hydrogen-bond donors (Lipinski definition) is 2. The van der Waals surface area contributed by atoms with E-state index in [0.717, 1.165) is 5.56 Å². The lowest BCUT2D eigenvalue weighted by Gasteiger charge is -2.08. The van der Waals surface area contributed by atoms with Crippen molar-refractivity contribution < 1.29 is 9.59 Å². The SMILES string of the molecule is CC(=O)c1ccc(NC(=O)NCc2ccncc2)cc1. The van der Waals surface area contributed by atoms with Gasteiger partial charge in [0.15, 0.2) is 5.78 Å². The maximum atomic E-state index is 11.7. The van der Waals surface area contributed by atoms with Gasteiger partial charge in [0.25, 0.3) is 0 Å². The molecule has 5 nitrogen and oxygen atoms in total. The van der Waals surface area contributed by atoms with Crippen LogP contribution in [0.1, 0.15) is 22.8 Å². The van der Waals surface area contributed by atoms with E-state index in [9.17, 15) is 9.59 Å². The number of rotatable bonds is 4. The van der Waals surface area contributed by atoms with Crippen LogP contribution in [-0.4, -0.2) is 16.8 Å². The Morgan fingerprint density at radius 3 is 2.30 bits per heavy atom. The summed E-state index contributed by atoms with van der Waals surface area (Å²) in [4.78, 5) is 26.7. The maximum Gasteiger partial charge on any atom is 0.319 e. The second-order valence-electron chi connectivity index (χ2n) is 4.30. The molecule has 0 atom stereocenters. The van der Waals surface area contributed by atoms with Crippen molar-refractivity contribution in [2.45, 2.75) is 13.5 Å². The summed E-state index contributed by atoms with van der Waals surface area (Å²) in [6, 6.07) is 10.1. The largest absolute Gasteiger partial charge is 0.334 e. The number of urea groups is 1. The Morgan fingerprint density at radius 2 is 1.70 bits per heavy atom. The molecule has 2 rings (SSSR count). The number of anilines is 1. The Kier molecular flexibility index (Phi) is 4.44. The molecule has 1 heterocycles. The predicted molar refractivity (Wildman–Crippen MR) is 76.5 cm³/mol. The molecule has 2 N–H and O–H groups in total. The van der Waals surface area contributed by atoms with Crippen molar-refractivity contribution in [3.05, 3.63) is 59.9 Å². The van der Waals surface area contributed by atoms with Crippen molar-refractivity contribution in [2.75, 3.05) is 5.32 Å². The van der Waals surface area contributed by atoms with E-state index in [-0.39, 0.29) is 11.8 Å². The minimum atomic E-state index is -0.294. The lowest BCUT2D eigenvalue weighted by molar-refractivity contribution is 0.101. The van der Waals surface area contributed by atoms with Gasteiger partial charge in [-0.15, -0.1) is 0 Å². The molecular weight excluding hydrogens is 254 g/mol. The van der Waals surface area contributed by atoms with Crippen LogP contribution in [0.3, 0.4) is 0 Å². The highest BCUT2D eigenvalue weighted by Gasteiger charge is 2.03. The number of hydrogen-bond acceptors (Lipinski definition) is 3. The van der Waals surface area contributed by atoms with E-state index in [1.165, 1.54) is 6.92 Å². The summed E-state index contributed by atoms with van der Waals surface area (Å²) in [5.41, 5.74) is 2.23. The van der Waals surface area contributed by atoms with Crippen LogP contribution in [0.2, 0.25) is 0 Å². The highest BCUT2D eigenvalue weighted by Crippen LogP contribution is 2.09. The van der Waals surface area contributed by atoms with Crippen LogP contribution in [0, 0.1) is 0 Å². The number of Topliss-reactive ketones (excluding diaryl/α,β-unsaturated/α-hetero) is 1. The third-order valence-electron chi connectivity index (χ3n) is 2.75. The monoisotopic (exact) mass is 269 g/mol. The van der Waals surface area contributed by atoms with Crippen LogP contribution in [0.5, 0.6) is 0 Å². The van der Waals surface area contributed by atoms with E-state index in [0.29, 0.717) is 17.8 Å². The molecule has 1 aromatic carbocycles. The van der Waals surface area contributed by atoms with Gasteiger partial charge in [0, 0.05) is 30.2 Å². The zero-order chi connectivity index (χ0) is 14.4. The summed E-state index contributed by atoms with van der Waals surface area (Å²) in [5.74, 6) is -0.00121. The molecule has 20 heavy (non-hydrogen) atoms. The summed E-state index contributed by atoms with van der Waals surface area (Å²) >= 11 is 0. The molecule has 0 saturated heterocycles. The van der Waals surface area contributed by atoms with Crippen molar-refractivity contribution >= 4 is 17.5 Å². The minimum Gasteiger partial charge on any atom is -0.334 e. The van der Waals surface area contributed by atoms with Crippen LogP contribution < -0.4 is 10.6 Å². The lowest BCUT2D eigenvalue weighted by Crippen LogP contribution is -2.28. The number of ketones is 1. The van der Waals surface area contributed by atoms with E-state index in [4.69, 9.17) is 0 Å². The molecule has 0 unspecified atom stereocenters. The van der Waals surface area contributed by atoms with E-state index in [1.807, 2.05) is 12.1 Å². The van der Waals surface area contributed by atoms with Gasteiger partial charge in [-0.25, -0.2) is 4.79 Å². The fraction of sp³-hybridized carbons (Fsp3) is 0.133. The van der Waals surface area contributed by atoms with Crippen molar-refractivity contribution in [2.24, 2.45) is 0 Å². The molecule has 0 fully saturated rings. The predicted octanol–water partition coefficient (Wildman–Crippen LogP) is 2.61. The number of nitrogens with zero attached hydrogens (tertiary/aromatic N) is 1. The quantitative estimate of drug-likeness (QED) is 0.838. The first kappa shape index (κ1) is 13.7. The van der Waals surface area contributed by atoms with E-state index < -0.39 is 0 Å². The van der Waals surface area contributed by atoms with Crippen LogP contribution in [0.15, 0.2) is 48.8 Å². The number of amides is 2. The smallest absolute Gasteiger partial charge is 0.319 e. The molecule has 0 aliphatic heterocycles. The van der Waals surface area contributed by atoms with Gasteiger partial charge in [-0.2, -0.15) is 0 Å². The zero-order valence-corrected chi connectivity index (χ0v) is 11.1. The summed E-state index contributed by atoms with van der Waals surface area (Å²) in [5, 5.41) is 5.44. The Balaban J connectivity index is 1.86. The molecule has 1 aromatic heterocycles. The van der Waals surface area contributed by atoms with Gasteiger partial charge in [0.2, 0.25) is 0 Å². The Morgan fingerprint density at radius 1 is 1.05 bits per heavy atom. The van der Waals surface area contributed by atoms with Gasteiger partial charge < -0.3 is 10.6 Å². The first-order valence-corrected chi connectivity index (χ1v) is 6.20. The Hall–Kier alpha value is -2.69. The van der Waals surface area contributed by atoms with E-state index in [1.54, 1.807) is 36.7 Å². The first-order valence-electron chi connectivity index (χ1n) is 6.20. The third kappa shape index (κ3) is 3.91. The number of pyridine rings is 1. The maximum absolute atomic E-state index is 11.7. The van der Waals surface area contributed by atoms with E-state index >= 15 is 0 Å². The van der Waals surface area contributed by atoms with Crippen LogP contribution >= 0.6 is 0 Å². The number of benzene rings is 1. The third-order valence-corrected chi connectivity index (χ3v) is 2.75. The van der Waals surface area contributed by atoms with Gasteiger partial charge in [0.05, 0.1) is 0 Å². The van der Waals surface area contributed by atoms with Crippen molar-refractivity contribution in [1.29, 1.82) is 0 Å². The number of nitrogens with one attached hydrogen (secondary N) is 2. The molecular formula is C15H15N3O2. The second-order valence-corrected chi connectivity index (χ2v) is 4.30. The van der Waals surface area contributed by atoms with Gasteiger partial charge in [0.1, 0.15) is 0 Å². The topological polar surface area (TPSA) is 71.1 Å². The Bertz CT molecular complexity index is 594. The molecule has 0 radical (unpaired) electrons. The average molecular weight is 269 g/mol. The number of carbonyl (C=O) groups is 2. The number of aromatic nitrogens is 1. The van der Waals surface area contributed by atoms with Crippen LogP contribution in [-0.2, 0) is 6.54 Å². The molecule has 2 aromatic rings. The normalized spacial score (nSPS) is 9.85. The van der Waals surface area contributed by atoms with Gasteiger partial charge in [-0.1, -0.05) is 0 Å². The summed E-state index contributed by atoms with van der Waals surface area (Å²) in [6.07, 6.45) is 3.35. The second kappa shape index (κ2) is 6.47. The number of carbonyl (C=O) groups excluding carboxylic acids is 2. The Labute approximate surface area is 117 Å². The van der Waals surface area contributed by atoms with Crippen molar-refractivity contribution in [3.8, 4) is 0 Å². The molecule has 0 saturated carbocycles. The highest BCUT2D eigenvalue weighted by atomic mass is 16.2. The zero-order valence-electron chi connectivity index (χ0n) is 11.1. The molecule has 102 valence electrons. The molecule has 0 aliphatic carbocycles. The molecule has 5 heteroatoms. The average Bonchev–Trinajstić information content (AvgIpc) is 2.47. The minimum absolute atomic E-state index is 0.00121. The summed E-state index contributed by atoms with van der Waals surface area (Å²) < 4.78 is 0. The lowest BCUT2D eigenvalue weighted by atomic mass is 10.1. The first-order chi connectivity index (χ1) is 9.65. The highest BCUT2D eigenvalue weighted by molar-refractivity contribution is 5.95. The standard InChI is InChI=1S/C15H15N3O2/c1-11(19)13-2-4-14(5-3-13)18-15(20)17-10-12-6-8-16-9-7-12/h2-9H,10H2,1H3,(H2,17,18,20). The van der Waals surface area contributed by atoms with Crippen molar-refractivity contribution in [1.82, 2.24) is 10.3 Å². The van der Waals surface area contributed by atoms with Gasteiger partial charge in [-0.3, -0.25) is 9.78 Å². The fourth-order valence-corrected chi connectivity index (χ4v) is 1.65. The molecule has 2 amide bonds. The molecule has 0 spiro atoms. The molecule has 0 aliphatic rings. The summed E-state index contributed by atoms with van der Waals surface area (Å²) in [6.45, 7) is 1.93. The van der Waals surface area contributed by atoms with Crippen LogP contribution in [0.4, 0.5) is 10.5 Å². The summed E-state index contributed by atoms with van der Waals surface area (Å²) in [7, 11) is 0. The van der Waals surface area contributed by atoms with E-state index in [2.05, 4.69) is 15.6 Å². The van der Waals surface area contributed by atoms with Crippen molar-refractivity contribution in [3.63, 3.8) is 0 Å². The fourth-order valence-electron chi connectivity index (χ4n) is 1.65.